The second kappa shape index (κ2) is 8.83. The van der Waals surface area contributed by atoms with Crippen LogP contribution in [0.5, 0.6) is 17.2 Å². The van der Waals surface area contributed by atoms with Gasteiger partial charge in [-0.2, -0.15) is 5.10 Å². The number of nitrogens with zero attached hydrogens (tertiary/aromatic N) is 1. The molecular formula is C20H19N3O5. The molecule has 0 aliphatic carbocycles. The number of aliphatic carboxylic acids is 1. The fraction of sp³-hybridized carbons (Fsp3) is 0.150. The molecule has 1 aromatic heterocycles. The molecule has 1 unspecified atom stereocenters. The summed E-state index contributed by atoms with van der Waals surface area (Å²) in [5.41, 5.74) is 1.06. The maximum absolute atomic E-state index is 11.5. The Morgan fingerprint density at radius 2 is 1.68 bits per heavy atom. The highest BCUT2D eigenvalue weighted by atomic mass is 16.5. The standard InChI is InChI=1S/C20H19N3O5/c24-15-4-8-17(9-5-15)28-16-6-1-13(2-7-16)11-18(20(26)27)21-12-14-3-10-19(25)23-22-14/h1-10,18,21,24H,11-12H2,(H,23,25)(H,26,27). The fourth-order valence-corrected chi connectivity index (χ4v) is 2.53. The lowest BCUT2D eigenvalue weighted by atomic mass is 10.1. The molecule has 0 saturated carbocycles. The third-order valence-corrected chi connectivity index (χ3v) is 4.00. The number of rotatable bonds is 8. The zero-order valence-corrected chi connectivity index (χ0v) is 14.8. The fourth-order valence-electron chi connectivity index (χ4n) is 2.53. The number of aromatic nitrogens is 2. The second-order valence-corrected chi connectivity index (χ2v) is 6.13. The number of nitrogens with one attached hydrogen (secondary N) is 2. The van der Waals surface area contributed by atoms with Crippen molar-refractivity contribution in [3.63, 3.8) is 0 Å². The van der Waals surface area contributed by atoms with Gasteiger partial charge in [0.15, 0.2) is 0 Å². The minimum absolute atomic E-state index is 0.159. The number of phenols is 1. The van der Waals surface area contributed by atoms with Gasteiger partial charge in [0.25, 0.3) is 5.56 Å². The average Bonchev–Trinajstić information content (AvgIpc) is 2.69. The van der Waals surface area contributed by atoms with Gasteiger partial charge >= 0.3 is 5.97 Å². The summed E-state index contributed by atoms with van der Waals surface area (Å²) in [5, 5.41) is 27.8. The first kappa shape index (κ1) is 19.1. The van der Waals surface area contributed by atoms with E-state index in [1.807, 2.05) is 0 Å². The van der Waals surface area contributed by atoms with Gasteiger partial charge in [-0.1, -0.05) is 12.1 Å². The Morgan fingerprint density at radius 1 is 1.04 bits per heavy atom. The molecule has 4 N–H and O–H groups in total. The van der Waals surface area contributed by atoms with Crippen molar-refractivity contribution >= 4 is 5.97 Å². The van der Waals surface area contributed by atoms with Crippen LogP contribution in [-0.4, -0.2) is 32.4 Å². The molecule has 0 aliphatic rings. The number of aromatic hydroxyl groups is 1. The summed E-state index contributed by atoms with van der Waals surface area (Å²) >= 11 is 0. The summed E-state index contributed by atoms with van der Waals surface area (Å²) in [6.45, 7) is 0.218. The third-order valence-electron chi connectivity index (χ3n) is 4.00. The van der Waals surface area contributed by atoms with Crippen LogP contribution in [0.1, 0.15) is 11.3 Å². The summed E-state index contributed by atoms with van der Waals surface area (Å²) in [7, 11) is 0. The van der Waals surface area contributed by atoms with Crippen LogP contribution < -0.4 is 15.6 Å². The van der Waals surface area contributed by atoms with Crippen molar-refractivity contribution < 1.29 is 19.7 Å². The number of phenolic OH excluding ortho intramolecular Hbond substituents is 1. The molecule has 0 bridgehead atoms. The van der Waals surface area contributed by atoms with Gasteiger partial charge < -0.3 is 14.9 Å². The van der Waals surface area contributed by atoms with E-state index in [0.29, 0.717) is 17.2 Å². The average molecular weight is 381 g/mol. The quantitative estimate of drug-likeness (QED) is 0.471. The molecule has 1 atom stereocenters. The predicted molar refractivity (Wildman–Crippen MR) is 101 cm³/mol. The highest BCUT2D eigenvalue weighted by Crippen LogP contribution is 2.23. The Bertz CT molecular complexity index is 963. The van der Waals surface area contributed by atoms with Crippen molar-refractivity contribution in [3.05, 3.63) is 82.3 Å². The molecule has 1 heterocycles. The molecule has 3 aromatic rings. The van der Waals surface area contributed by atoms with Crippen LogP contribution in [0.15, 0.2) is 65.5 Å². The first-order valence-electron chi connectivity index (χ1n) is 8.56. The Labute approximate surface area is 160 Å². The van der Waals surface area contributed by atoms with E-state index >= 15 is 0 Å². The monoisotopic (exact) mass is 381 g/mol. The highest BCUT2D eigenvalue weighted by Gasteiger charge is 2.17. The van der Waals surface area contributed by atoms with E-state index in [-0.39, 0.29) is 24.3 Å². The molecule has 0 spiro atoms. The smallest absolute Gasteiger partial charge is 0.321 e. The Morgan fingerprint density at radius 3 is 2.25 bits per heavy atom. The van der Waals surface area contributed by atoms with Crippen molar-refractivity contribution in [2.45, 2.75) is 19.0 Å². The van der Waals surface area contributed by atoms with Gasteiger partial charge in [0.05, 0.1) is 5.69 Å². The van der Waals surface area contributed by atoms with Crippen LogP contribution in [0.2, 0.25) is 0 Å². The van der Waals surface area contributed by atoms with Crippen LogP contribution in [0.25, 0.3) is 0 Å². The van der Waals surface area contributed by atoms with Crippen LogP contribution in [-0.2, 0) is 17.8 Å². The van der Waals surface area contributed by atoms with Crippen LogP contribution in [0.4, 0.5) is 0 Å². The Kier molecular flexibility index (Phi) is 6.03. The first-order valence-corrected chi connectivity index (χ1v) is 8.56. The van der Waals surface area contributed by atoms with Crippen LogP contribution in [0, 0.1) is 0 Å². The number of benzene rings is 2. The summed E-state index contributed by atoms with van der Waals surface area (Å²) in [6, 6.07) is 15.5. The molecule has 0 radical (unpaired) electrons. The lowest BCUT2D eigenvalue weighted by molar-refractivity contribution is -0.139. The Balaban J connectivity index is 1.59. The molecule has 0 saturated heterocycles. The number of hydrogen-bond acceptors (Lipinski definition) is 6. The van der Waals surface area contributed by atoms with E-state index in [1.165, 1.54) is 18.2 Å². The van der Waals surface area contributed by atoms with E-state index in [9.17, 15) is 19.8 Å². The summed E-state index contributed by atoms with van der Waals surface area (Å²) < 4.78 is 5.68. The van der Waals surface area contributed by atoms with E-state index in [2.05, 4.69) is 15.5 Å². The number of ether oxygens (including phenoxy) is 1. The van der Waals surface area contributed by atoms with E-state index in [4.69, 9.17) is 4.74 Å². The summed E-state index contributed by atoms with van der Waals surface area (Å²) in [6.07, 6.45) is 0.276. The van der Waals surface area contributed by atoms with Crippen molar-refractivity contribution in [3.8, 4) is 17.2 Å². The second-order valence-electron chi connectivity index (χ2n) is 6.13. The number of carboxylic acids is 1. The Hall–Kier alpha value is -3.65. The van der Waals surface area contributed by atoms with Gasteiger partial charge in [-0.15, -0.1) is 0 Å². The highest BCUT2D eigenvalue weighted by molar-refractivity contribution is 5.73. The zero-order chi connectivity index (χ0) is 19.9. The van der Waals surface area contributed by atoms with Gasteiger partial charge in [0, 0.05) is 12.6 Å². The number of aromatic amines is 1. The van der Waals surface area contributed by atoms with Crippen molar-refractivity contribution in [2.24, 2.45) is 0 Å². The largest absolute Gasteiger partial charge is 0.508 e. The van der Waals surface area contributed by atoms with Crippen molar-refractivity contribution in [1.29, 1.82) is 0 Å². The number of H-pyrrole nitrogens is 1. The lowest BCUT2D eigenvalue weighted by Crippen LogP contribution is -2.38. The van der Waals surface area contributed by atoms with E-state index in [1.54, 1.807) is 42.5 Å². The van der Waals surface area contributed by atoms with E-state index < -0.39 is 12.0 Å². The van der Waals surface area contributed by atoms with E-state index in [0.717, 1.165) is 5.56 Å². The number of hydrogen-bond donors (Lipinski definition) is 4. The van der Waals surface area contributed by atoms with Gasteiger partial charge in [-0.05, 0) is 54.4 Å². The van der Waals surface area contributed by atoms with Gasteiger partial charge in [-0.25, -0.2) is 5.10 Å². The minimum Gasteiger partial charge on any atom is -0.508 e. The van der Waals surface area contributed by atoms with Crippen molar-refractivity contribution in [2.75, 3.05) is 0 Å². The molecule has 3 rings (SSSR count). The lowest BCUT2D eigenvalue weighted by Gasteiger charge is -2.14. The molecule has 0 aliphatic heterocycles. The number of carboxylic acid groups (broad SMARTS) is 1. The first-order chi connectivity index (χ1) is 13.5. The maximum Gasteiger partial charge on any atom is 0.321 e. The molecule has 144 valence electrons. The molecule has 8 heteroatoms. The minimum atomic E-state index is -0.978. The number of carbonyl (C=O) groups is 1. The van der Waals surface area contributed by atoms with Crippen LogP contribution >= 0.6 is 0 Å². The van der Waals surface area contributed by atoms with Gasteiger partial charge in [0.2, 0.25) is 0 Å². The van der Waals surface area contributed by atoms with Gasteiger partial charge in [-0.3, -0.25) is 14.9 Å². The maximum atomic E-state index is 11.5. The third kappa shape index (κ3) is 5.42. The SMILES string of the molecule is O=C(O)C(Cc1ccc(Oc2ccc(O)cc2)cc1)NCc1ccc(=O)[nH]n1. The molecule has 28 heavy (non-hydrogen) atoms. The summed E-state index contributed by atoms with van der Waals surface area (Å²) in [4.78, 5) is 22.5. The molecule has 0 amide bonds. The molecule has 2 aromatic carbocycles. The predicted octanol–water partition coefficient (Wildman–Crippen LogP) is 2.05. The normalized spacial score (nSPS) is 11.7. The molecule has 0 fully saturated rings. The zero-order valence-electron chi connectivity index (χ0n) is 14.8. The van der Waals surface area contributed by atoms with Crippen LogP contribution in [0.3, 0.4) is 0 Å². The van der Waals surface area contributed by atoms with Crippen molar-refractivity contribution in [1.82, 2.24) is 15.5 Å². The molecule has 8 nitrogen and oxygen atoms in total. The van der Waals surface area contributed by atoms with Gasteiger partial charge in [0.1, 0.15) is 23.3 Å². The molecular weight excluding hydrogens is 362 g/mol. The summed E-state index contributed by atoms with van der Waals surface area (Å²) in [5.74, 6) is 0.372. The topological polar surface area (TPSA) is 125 Å².